The first kappa shape index (κ1) is 14.4. The van der Waals surface area contributed by atoms with Crippen LogP contribution in [0.3, 0.4) is 0 Å². The molecular formula is C15H20N2O3. The highest BCUT2D eigenvalue weighted by molar-refractivity contribution is 5.88. The Bertz CT molecular complexity index is 653. The number of nitrogens with one attached hydrogen (secondary N) is 1. The van der Waals surface area contributed by atoms with Gasteiger partial charge in [0.2, 0.25) is 0 Å². The molecule has 0 radical (unpaired) electrons. The molecule has 20 heavy (non-hydrogen) atoms. The second kappa shape index (κ2) is 4.81. The molecule has 0 bridgehead atoms. The largest absolute Gasteiger partial charge is 0.478 e. The Balaban J connectivity index is 2.45. The smallest absolute Gasteiger partial charge is 0.331 e. The molecule has 1 aromatic heterocycles. The lowest BCUT2D eigenvalue weighted by Gasteiger charge is -2.21. The normalized spacial score (nSPS) is 19.5. The fourth-order valence-electron chi connectivity index (χ4n) is 2.28. The number of carbonyl (C=O) groups is 1. The maximum atomic E-state index is 12.1. The molecule has 1 atom stereocenters. The minimum absolute atomic E-state index is 0.0183. The molecule has 0 aromatic carbocycles. The van der Waals surface area contributed by atoms with Gasteiger partial charge in [0.15, 0.2) is 0 Å². The number of aliphatic carboxylic acids is 1. The third-order valence-corrected chi connectivity index (χ3v) is 3.55. The number of aromatic nitrogens is 2. The lowest BCUT2D eigenvalue weighted by atomic mass is 9.93. The molecular weight excluding hydrogens is 256 g/mol. The van der Waals surface area contributed by atoms with Gasteiger partial charge in [-0.15, -0.1) is 0 Å². The van der Waals surface area contributed by atoms with E-state index in [0.717, 1.165) is 11.4 Å². The van der Waals surface area contributed by atoms with Crippen molar-refractivity contribution in [3.63, 3.8) is 0 Å². The van der Waals surface area contributed by atoms with Gasteiger partial charge in [0.25, 0.3) is 5.56 Å². The van der Waals surface area contributed by atoms with Crippen LogP contribution in [0.25, 0.3) is 5.70 Å². The Kier molecular flexibility index (Phi) is 3.46. The topological polar surface area (TPSA) is 75.1 Å². The number of carboxylic acid groups (broad SMARTS) is 1. The number of carboxylic acids is 1. The molecule has 5 nitrogen and oxygen atoms in total. The summed E-state index contributed by atoms with van der Waals surface area (Å²) in [6.07, 6.45) is 3.71. The Morgan fingerprint density at radius 1 is 1.40 bits per heavy atom. The average molecular weight is 276 g/mol. The third-order valence-electron chi connectivity index (χ3n) is 3.55. The first-order valence-corrected chi connectivity index (χ1v) is 6.67. The van der Waals surface area contributed by atoms with Crippen molar-refractivity contribution in [3.05, 3.63) is 39.8 Å². The van der Waals surface area contributed by atoms with Crippen LogP contribution in [0.1, 0.15) is 39.8 Å². The fourth-order valence-corrected chi connectivity index (χ4v) is 2.28. The lowest BCUT2D eigenvalue weighted by molar-refractivity contribution is -0.132. The number of nitrogens with zero attached hydrogens (tertiary/aromatic N) is 1. The third kappa shape index (κ3) is 2.61. The summed E-state index contributed by atoms with van der Waals surface area (Å²) >= 11 is 0. The Morgan fingerprint density at radius 3 is 2.50 bits per heavy atom. The molecule has 0 saturated heterocycles. The van der Waals surface area contributed by atoms with Crippen molar-refractivity contribution < 1.29 is 9.90 Å². The lowest BCUT2D eigenvalue weighted by Crippen LogP contribution is -2.22. The molecule has 1 aliphatic carbocycles. The summed E-state index contributed by atoms with van der Waals surface area (Å²) in [5, 5.41) is 12.1. The van der Waals surface area contributed by atoms with Crippen LogP contribution in [0.2, 0.25) is 0 Å². The average Bonchev–Trinajstić information content (AvgIpc) is 2.71. The van der Waals surface area contributed by atoms with Crippen molar-refractivity contribution in [2.45, 2.75) is 39.5 Å². The van der Waals surface area contributed by atoms with Gasteiger partial charge >= 0.3 is 5.97 Å². The van der Waals surface area contributed by atoms with Crippen LogP contribution in [0, 0.1) is 5.92 Å². The van der Waals surface area contributed by atoms with Crippen molar-refractivity contribution in [2.24, 2.45) is 5.92 Å². The van der Waals surface area contributed by atoms with Gasteiger partial charge in [0, 0.05) is 34.4 Å². The van der Waals surface area contributed by atoms with E-state index < -0.39 is 5.97 Å². The van der Waals surface area contributed by atoms with Gasteiger partial charge in [-0.25, -0.2) is 9.48 Å². The van der Waals surface area contributed by atoms with E-state index in [9.17, 15) is 9.59 Å². The van der Waals surface area contributed by atoms with Crippen molar-refractivity contribution in [1.29, 1.82) is 0 Å². The number of allylic oxidation sites excluding steroid dienone is 3. The van der Waals surface area contributed by atoms with E-state index in [1.807, 2.05) is 27.7 Å². The molecule has 1 heterocycles. The zero-order chi connectivity index (χ0) is 15.1. The second-order valence-electron chi connectivity index (χ2n) is 6.29. The Hall–Kier alpha value is -2.04. The summed E-state index contributed by atoms with van der Waals surface area (Å²) in [6.45, 7) is 8.02. The van der Waals surface area contributed by atoms with Crippen LogP contribution in [0.4, 0.5) is 0 Å². The van der Waals surface area contributed by atoms with Crippen molar-refractivity contribution in [1.82, 2.24) is 9.78 Å². The van der Waals surface area contributed by atoms with Gasteiger partial charge in [-0.2, -0.15) is 0 Å². The van der Waals surface area contributed by atoms with Crippen LogP contribution in [-0.4, -0.2) is 20.9 Å². The standard InChI is InChI=1S/C15H20N2O3/c1-9-7-10(14(19)20)5-6-11(9)17-13(18)8-12(16-17)15(2,3)4/h5-6,8-9,16H,7H2,1-4H3,(H,19,20). The van der Waals surface area contributed by atoms with Crippen molar-refractivity contribution in [3.8, 4) is 0 Å². The molecule has 0 amide bonds. The molecule has 2 N–H and O–H groups in total. The fraction of sp³-hybridized carbons (Fsp3) is 0.467. The van der Waals surface area contributed by atoms with Gasteiger partial charge in [-0.3, -0.25) is 9.89 Å². The zero-order valence-corrected chi connectivity index (χ0v) is 12.2. The number of aromatic amines is 1. The van der Waals surface area contributed by atoms with E-state index in [-0.39, 0.29) is 16.9 Å². The monoisotopic (exact) mass is 276 g/mol. The molecule has 0 spiro atoms. The Morgan fingerprint density at radius 2 is 2.05 bits per heavy atom. The SMILES string of the molecule is CC1CC(C(=O)O)=CC=C1n1[nH]c(C(C)(C)C)cc1=O. The zero-order valence-electron chi connectivity index (χ0n) is 12.2. The summed E-state index contributed by atoms with van der Waals surface area (Å²) in [5.41, 5.74) is 1.79. The highest BCUT2D eigenvalue weighted by Crippen LogP contribution is 2.28. The number of rotatable bonds is 2. The molecule has 0 aliphatic heterocycles. The molecule has 2 rings (SSSR count). The second-order valence-corrected chi connectivity index (χ2v) is 6.29. The number of H-pyrrole nitrogens is 1. The van der Waals surface area contributed by atoms with Gasteiger partial charge in [0.05, 0.1) is 0 Å². The van der Waals surface area contributed by atoms with Gasteiger partial charge < -0.3 is 5.11 Å². The van der Waals surface area contributed by atoms with E-state index in [2.05, 4.69) is 5.10 Å². The summed E-state index contributed by atoms with van der Waals surface area (Å²) < 4.78 is 1.51. The molecule has 108 valence electrons. The van der Waals surface area contributed by atoms with Crippen molar-refractivity contribution in [2.75, 3.05) is 0 Å². The first-order valence-electron chi connectivity index (χ1n) is 6.67. The van der Waals surface area contributed by atoms with Crippen molar-refractivity contribution >= 4 is 11.7 Å². The summed E-state index contributed by atoms with van der Waals surface area (Å²) in [7, 11) is 0. The predicted octanol–water partition coefficient (Wildman–Crippen LogP) is 2.37. The minimum atomic E-state index is -0.902. The Labute approximate surface area is 117 Å². The van der Waals surface area contributed by atoms with E-state index in [1.54, 1.807) is 18.2 Å². The minimum Gasteiger partial charge on any atom is -0.478 e. The number of hydrogen-bond donors (Lipinski definition) is 2. The highest BCUT2D eigenvalue weighted by Gasteiger charge is 2.24. The predicted molar refractivity (Wildman–Crippen MR) is 77.5 cm³/mol. The molecule has 0 saturated carbocycles. The quantitative estimate of drug-likeness (QED) is 0.870. The highest BCUT2D eigenvalue weighted by atomic mass is 16.4. The van der Waals surface area contributed by atoms with Crippen LogP contribution < -0.4 is 5.56 Å². The summed E-state index contributed by atoms with van der Waals surface area (Å²) in [6, 6.07) is 1.60. The number of hydrogen-bond acceptors (Lipinski definition) is 2. The molecule has 5 heteroatoms. The van der Waals surface area contributed by atoms with Crippen LogP contribution >= 0.6 is 0 Å². The van der Waals surface area contributed by atoms with E-state index in [4.69, 9.17) is 5.11 Å². The van der Waals surface area contributed by atoms with Crippen LogP contribution in [0.15, 0.2) is 28.6 Å². The molecule has 1 aromatic rings. The molecule has 0 fully saturated rings. The van der Waals surface area contributed by atoms with Crippen LogP contribution in [-0.2, 0) is 10.2 Å². The summed E-state index contributed by atoms with van der Waals surface area (Å²) in [4.78, 5) is 23.1. The summed E-state index contributed by atoms with van der Waals surface area (Å²) in [5.74, 6) is -0.920. The maximum Gasteiger partial charge on any atom is 0.331 e. The van der Waals surface area contributed by atoms with Gasteiger partial charge in [-0.1, -0.05) is 27.7 Å². The first-order chi connectivity index (χ1) is 9.20. The maximum absolute atomic E-state index is 12.1. The molecule has 1 unspecified atom stereocenters. The van der Waals surface area contributed by atoms with E-state index in [0.29, 0.717) is 12.0 Å². The van der Waals surface area contributed by atoms with E-state index in [1.165, 1.54) is 4.68 Å². The van der Waals surface area contributed by atoms with E-state index >= 15 is 0 Å². The van der Waals surface area contributed by atoms with Crippen LogP contribution in [0.5, 0.6) is 0 Å². The van der Waals surface area contributed by atoms with Gasteiger partial charge in [0.1, 0.15) is 0 Å². The molecule has 1 aliphatic rings. The van der Waals surface area contributed by atoms with Gasteiger partial charge in [-0.05, 0) is 18.6 Å².